The van der Waals surface area contributed by atoms with Crippen LogP contribution in [0.15, 0.2) is 91.0 Å². The fraction of sp³-hybridized carbons (Fsp3) is 0.174. The monoisotopic (exact) mass is 376 g/mol. The van der Waals surface area contributed by atoms with Crippen molar-refractivity contribution in [1.82, 2.24) is 0 Å². The number of benzene rings is 3. The van der Waals surface area contributed by atoms with E-state index in [2.05, 4.69) is 72.8 Å². The highest BCUT2D eigenvalue weighted by Gasteiger charge is 2.44. The molecule has 4 rings (SSSR count). The molecule has 1 nitrogen and oxygen atoms in total. The molecule has 1 aliphatic heterocycles. The average molecular weight is 376 g/mol. The Labute approximate surface area is 160 Å². The van der Waals surface area contributed by atoms with Crippen LogP contribution in [-0.2, 0) is 16.6 Å². The van der Waals surface area contributed by atoms with Gasteiger partial charge in [-0.3, -0.25) is 4.79 Å². The normalized spacial score (nSPS) is 22.1. The minimum Gasteiger partial charge on any atom is -0.300 e. The quantitative estimate of drug-likeness (QED) is 0.551. The van der Waals surface area contributed by atoms with Gasteiger partial charge in [0.2, 0.25) is 0 Å². The van der Waals surface area contributed by atoms with Crippen molar-refractivity contribution in [3.8, 4) is 0 Å². The lowest BCUT2D eigenvalue weighted by molar-refractivity contribution is -0.119. The average Bonchev–Trinajstić information content (AvgIpc) is 2.71. The molecule has 0 spiro atoms. The van der Waals surface area contributed by atoms with Crippen molar-refractivity contribution >= 4 is 28.9 Å². The second kappa shape index (κ2) is 7.31. The summed E-state index contributed by atoms with van der Waals surface area (Å²) >= 11 is 6.54. The van der Waals surface area contributed by atoms with Crippen molar-refractivity contribution in [3.63, 3.8) is 0 Å². The van der Waals surface area contributed by atoms with Crippen molar-refractivity contribution in [2.24, 2.45) is 0 Å². The minimum atomic E-state index is -2.05. The van der Waals surface area contributed by atoms with Crippen LogP contribution in [0.2, 0.25) is 0 Å². The molecule has 0 unspecified atom stereocenters. The van der Waals surface area contributed by atoms with Gasteiger partial charge in [-0.15, -0.1) is 0 Å². The summed E-state index contributed by atoms with van der Waals surface area (Å²) < 4.78 is 0. The number of carbonyl (C=O) groups excluding carboxylic acids is 1. The molecule has 0 N–H and O–H groups in total. The van der Waals surface area contributed by atoms with Crippen LogP contribution < -0.4 is 5.30 Å². The SMILES string of the molecule is O=C1C[C@@H](c2ccccc2)P(=S)(c2ccccc2)[C@H](c2ccccc2)C1. The summed E-state index contributed by atoms with van der Waals surface area (Å²) in [7, 11) is 0. The smallest absolute Gasteiger partial charge is 0.134 e. The summed E-state index contributed by atoms with van der Waals surface area (Å²) in [6, 6.07) is 29.3. The summed E-state index contributed by atoms with van der Waals surface area (Å²) in [5.41, 5.74) is 2.61. The van der Waals surface area contributed by atoms with Crippen molar-refractivity contribution in [2.45, 2.75) is 24.2 Å². The van der Waals surface area contributed by atoms with Gasteiger partial charge < -0.3 is 0 Å². The number of Topliss-reactive ketones (excluding diaryl/α,β-unsaturated/α-hetero) is 1. The van der Waals surface area contributed by atoms with Crippen LogP contribution in [0, 0.1) is 0 Å². The van der Waals surface area contributed by atoms with Gasteiger partial charge >= 0.3 is 0 Å². The van der Waals surface area contributed by atoms with Crippen molar-refractivity contribution in [2.75, 3.05) is 0 Å². The Balaban J connectivity index is 1.93. The molecule has 0 aromatic heterocycles. The predicted octanol–water partition coefficient (Wildman–Crippen LogP) is 5.64. The first kappa shape index (κ1) is 17.4. The predicted molar refractivity (Wildman–Crippen MR) is 113 cm³/mol. The first-order valence-corrected chi connectivity index (χ1v) is 11.9. The highest BCUT2D eigenvalue weighted by molar-refractivity contribution is 8.18. The van der Waals surface area contributed by atoms with Gasteiger partial charge in [-0.1, -0.05) is 103 Å². The molecule has 1 heterocycles. The number of rotatable bonds is 3. The van der Waals surface area contributed by atoms with Gasteiger partial charge in [-0.05, 0) is 22.5 Å². The zero-order valence-electron chi connectivity index (χ0n) is 14.5. The van der Waals surface area contributed by atoms with Crippen molar-refractivity contribution < 1.29 is 4.79 Å². The molecule has 26 heavy (non-hydrogen) atoms. The lowest BCUT2D eigenvalue weighted by Gasteiger charge is -2.42. The van der Waals surface area contributed by atoms with Crippen LogP contribution >= 0.6 is 6.04 Å². The van der Waals surface area contributed by atoms with E-state index in [1.165, 1.54) is 16.4 Å². The maximum atomic E-state index is 12.7. The van der Waals surface area contributed by atoms with E-state index in [1.54, 1.807) is 0 Å². The molecule has 0 radical (unpaired) electrons. The van der Waals surface area contributed by atoms with Gasteiger partial charge in [-0.25, -0.2) is 0 Å². The highest BCUT2D eigenvalue weighted by Crippen LogP contribution is 2.72. The molecule has 0 aliphatic carbocycles. The molecule has 2 atom stereocenters. The second-order valence-electron chi connectivity index (χ2n) is 6.84. The van der Waals surface area contributed by atoms with Crippen LogP contribution in [-0.4, -0.2) is 5.78 Å². The Kier molecular flexibility index (Phi) is 4.89. The van der Waals surface area contributed by atoms with Crippen molar-refractivity contribution in [1.29, 1.82) is 0 Å². The van der Waals surface area contributed by atoms with E-state index in [9.17, 15) is 4.79 Å². The summed E-state index contributed by atoms with van der Waals surface area (Å²) in [5.74, 6) is 0.323. The zero-order valence-corrected chi connectivity index (χ0v) is 16.2. The first-order chi connectivity index (χ1) is 12.7. The first-order valence-electron chi connectivity index (χ1n) is 8.96. The summed E-state index contributed by atoms with van der Waals surface area (Å²) in [6.45, 7) is 0. The molecule has 3 heteroatoms. The van der Waals surface area contributed by atoms with E-state index in [4.69, 9.17) is 11.8 Å². The lowest BCUT2D eigenvalue weighted by Crippen LogP contribution is -2.26. The van der Waals surface area contributed by atoms with Gasteiger partial charge in [0.1, 0.15) is 5.78 Å². The molecular formula is C23H21OPS. The largest absolute Gasteiger partial charge is 0.300 e. The Morgan fingerprint density at radius 3 is 1.46 bits per heavy atom. The van der Waals surface area contributed by atoms with Gasteiger partial charge in [0.05, 0.1) is 0 Å². The Morgan fingerprint density at radius 2 is 1.04 bits per heavy atom. The fourth-order valence-corrected chi connectivity index (χ4v) is 9.57. The molecule has 3 aromatic rings. The molecule has 3 aromatic carbocycles. The number of carbonyl (C=O) groups is 1. The van der Waals surface area contributed by atoms with E-state index < -0.39 is 6.04 Å². The number of ketones is 1. The molecule has 0 amide bonds. The van der Waals surface area contributed by atoms with Gasteiger partial charge in [-0.2, -0.15) is 0 Å². The second-order valence-corrected chi connectivity index (χ2v) is 11.8. The maximum absolute atomic E-state index is 12.7. The summed E-state index contributed by atoms with van der Waals surface area (Å²) in [6.07, 6.45) is 1.11. The maximum Gasteiger partial charge on any atom is 0.134 e. The Bertz CT molecular complexity index is 882. The molecular weight excluding hydrogens is 355 g/mol. The highest BCUT2D eigenvalue weighted by atomic mass is 32.4. The van der Waals surface area contributed by atoms with E-state index in [1.807, 2.05) is 18.2 Å². The molecule has 1 saturated heterocycles. The third kappa shape index (κ3) is 3.09. The number of hydrogen-bond donors (Lipinski definition) is 0. The van der Waals surface area contributed by atoms with E-state index in [-0.39, 0.29) is 11.3 Å². The van der Waals surface area contributed by atoms with Gasteiger partial charge in [0.25, 0.3) is 0 Å². The topological polar surface area (TPSA) is 17.1 Å². The third-order valence-electron chi connectivity index (χ3n) is 5.30. The molecule has 1 aliphatic rings. The number of hydrogen-bond acceptors (Lipinski definition) is 2. The van der Waals surface area contributed by atoms with Crippen LogP contribution in [0.5, 0.6) is 0 Å². The van der Waals surface area contributed by atoms with Crippen LogP contribution in [0.3, 0.4) is 0 Å². The molecule has 0 saturated carbocycles. The Morgan fingerprint density at radius 1 is 0.654 bits per heavy atom. The molecule has 1 fully saturated rings. The van der Waals surface area contributed by atoms with E-state index >= 15 is 0 Å². The lowest BCUT2D eigenvalue weighted by atomic mass is 10.0. The van der Waals surface area contributed by atoms with Crippen molar-refractivity contribution in [3.05, 3.63) is 102 Å². The van der Waals surface area contributed by atoms with Gasteiger partial charge in [0.15, 0.2) is 0 Å². The Hall–Kier alpha value is -2.02. The van der Waals surface area contributed by atoms with E-state index in [0.29, 0.717) is 18.6 Å². The van der Waals surface area contributed by atoms with Gasteiger partial charge in [0, 0.05) is 24.2 Å². The summed E-state index contributed by atoms with van der Waals surface area (Å²) in [4.78, 5) is 12.7. The van der Waals surface area contributed by atoms with Crippen LogP contribution in [0.25, 0.3) is 0 Å². The zero-order chi connectivity index (χ0) is 18.0. The third-order valence-corrected chi connectivity index (χ3v) is 11.4. The summed E-state index contributed by atoms with van der Waals surface area (Å²) in [5, 5.41) is 1.24. The fourth-order valence-electron chi connectivity index (χ4n) is 4.05. The standard InChI is InChI=1S/C23H21OPS/c24-20-16-22(18-10-4-1-5-11-18)25(26,21-14-8-3-9-15-21)23(17-20)19-12-6-2-7-13-19/h1-15,22-23H,16-17H2/t22-,23-/m0/s1. The molecule has 0 bridgehead atoms. The minimum absolute atomic E-state index is 0.104. The van der Waals surface area contributed by atoms with E-state index in [0.717, 1.165) is 0 Å². The van der Waals surface area contributed by atoms with Crippen LogP contribution in [0.4, 0.5) is 0 Å². The van der Waals surface area contributed by atoms with Crippen LogP contribution in [0.1, 0.15) is 35.3 Å². The molecule has 130 valence electrons.